The van der Waals surface area contributed by atoms with Crippen LogP contribution in [0.2, 0.25) is 0 Å². The van der Waals surface area contributed by atoms with Crippen LogP contribution in [0.4, 0.5) is 15.8 Å². The summed E-state index contributed by atoms with van der Waals surface area (Å²) >= 11 is 0. The predicted molar refractivity (Wildman–Crippen MR) is 120 cm³/mol. The first-order valence-corrected chi connectivity index (χ1v) is 12.6. The van der Waals surface area contributed by atoms with Gasteiger partial charge in [0.25, 0.3) is 0 Å². The van der Waals surface area contributed by atoms with Gasteiger partial charge < -0.3 is 15.0 Å². The Bertz CT molecular complexity index is 875. The molecule has 2 aliphatic rings. The number of hydrogen-bond donors (Lipinski definition) is 2. The van der Waals surface area contributed by atoms with E-state index < -0.39 is 21.1 Å². The molecule has 1 amide bonds. The molecule has 0 unspecified atom stereocenters. The van der Waals surface area contributed by atoms with Gasteiger partial charge in [-0.15, -0.1) is 0 Å². The van der Waals surface area contributed by atoms with Gasteiger partial charge in [-0.1, -0.05) is 0 Å². The third-order valence-corrected chi connectivity index (χ3v) is 7.95. The number of hydrogen-bond acceptors (Lipinski definition) is 5. The van der Waals surface area contributed by atoms with Crippen molar-refractivity contribution < 1.29 is 22.3 Å². The fourth-order valence-electron chi connectivity index (χ4n) is 4.27. The van der Waals surface area contributed by atoms with Gasteiger partial charge in [0.1, 0.15) is 5.82 Å². The Morgan fingerprint density at radius 3 is 2.29 bits per heavy atom. The highest BCUT2D eigenvalue weighted by Crippen LogP contribution is 2.29. The van der Waals surface area contributed by atoms with Crippen molar-refractivity contribution >= 4 is 27.3 Å². The lowest BCUT2D eigenvalue weighted by Gasteiger charge is -2.37. The van der Waals surface area contributed by atoms with Gasteiger partial charge >= 0.3 is 0 Å². The third-order valence-electron chi connectivity index (χ3n) is 6.04. The van der Waals surface area contributed by atoms with E-state index in [4.69, 9.17) is 4.74 Å². The summed E-state index contributed by atoms with van der Waals surface area (Å²) in [4.78, 5) is 14.7. The quantitative estimate of drug-likeness (QED) is 0.688. The van der Waals surface area contributed by atoms with E-state index in [0.29, 0.717) is 38.8 Å². The van der Waals surface area contributed by atoms with E-state index in [0.717, 1.165) is 5.69 Å². The van der Waals surface area contributed by atoms with Gasteiger partial charge in [0.15, 0.2) is 0 Å². The number of benzene rings is 1. The number of carbonyl (C=O) groups excluding carboxylic acids is 1. The Balaban J connectivity index is 1.55. The van der Waals surface area contributed by atoms with E-state index in [9.17, 15) is 17.6 Å². The lowest BCUT2D eigenvalue weighted by Crippen LogP contribution is -2.45. The Kier molecular flexibility index (Phi) is 7.59. The molecule has 0 radical (unpaired) electrons. The Morgan fingerprint density at radius 2 is 1.74 bits per heavy atom. The largest absolute Gasteiger partial charge is 0.372 e. The average Bonchev–Trinajstić information content (AvgIpc) is 2.69. The van der Waals surface area contributed by atoms with Gasteiger partial charge in [0, 0.05) is 30.7 Å². The first-order valence-electron chi connectivity index (χ1n) is 11.1. The number of halogens is 1. The molecule has 0 spiro atoms. The fourth-order valence-corrected chi connectivity index (χ4v) is 5.24. The normalized spacial score (nSPS) is 27.4. The van der Waals surface area contributed by atoms with Gasteiger partial charge in [-0.05, 0) is 71.6 Å². The molecule has 1 saturated carbocycles. The Hall–Kier alpha value is -1.71. The van der Waals surface area contributed by atoms with E-state index in [1.807, 2.05) is 19.9 Å². The highest BCUT2D eigenvalue weighted by molar-refractivity contribution is 7.90. The van der Waals surface area contributed by atoms with Crippen LogP contribution in [0.15, 0.2) is 18.2 Å². The van der Waals surface area contributed by atoms with Crippen molar-refractivity contribution in [2.75, 3.05) is 23.3 Å². The van der Waals surface area contributed by atoms with Gasteiger partial charge in [-0.2, -0.15) is 0 Å². The predicted octanol–water partition coefficient (Wildman–Crippen LogP) is 3.26. The van der Waals surface area contributed by atoms with Crippen molar-refractivity contribution in [3.8, 4) is 0 Å². The second-order valence-electron chi connectivity index (χ2n) is 9.08. The first kappa shape index (κ1) is 23.9. The highest BCUT2D eigenvalue weighted by Gasteiger charge is 2.30. The van der Waals surface area contributed by atoms with Crippen molar-refractivity contribution in [1.82, 2.24) is 4.72 Å². The lowest BCUT2D eigenvalue weighted by atomic mass is 9.86. The zero-order chi connectivity index (χ0) is 22.8. The molecule has 0 aromatic heterocycles. The molecule has 1 saturated heterocycles. The van der Waals surface area contributed by atoms with Gasteiger partial charge in [0.05, 0.1) is 23.1 Å². The second kappa shape index (κ2) is 9.83. The minimum Gasteiger partial charge on any atom is -0.372 e. The molecule has 1 aromatic carbocycles. The van der Waals surface area contributed by atoms with Crippen LogP contribution in [0.25, 0.3) is 0 Å². The van der Waals surface area contributed by atoms with E-state index >= 15 is 0 Å². The molecule has 2 atom stereocenters. The molecule has 2 fully saturated rings. The summed E-state index contributed by atoms with van der Waals surface area (Å²) in [5.74, 6) is -0.929. The molecule has 2 N–H and O–H groups in total. The van der Waals surface area contributed by atoms with Crippen LogP contribution in [-0.2, 0) is 19.6 Å². The van der Waals surface area contributed by atoms with Crippen molar-refractivity contribution in [3.05, 3.63) is 24.0 Å². The summed E-state index contributed by atoms with van der Waals surface area (Å²) in [5, 5.41) is 2.23. The molecule has 0 bridgehead atoms. The Morgan fingerprint density at radius 1 is 1.13 bits per heavy atom. The molecular weight excluding hydrogens is 421 g/mol. The number of morpholine rings is 1. The summed E-state index contributed by atoms with van der Waals surface area (Å²) in [6, 6.07) is 4.74. The van der Waals surface area contributed by atoms with Crippen molar-refractivity contribution in [2.24, 2.45) is 5.92 Å². The van der Waals surface area contributed by atoms with Crippen LogP contribution in [0.1, 0.15) is 53.4 Å². The smallest absolute Gasteiger partial charge is 0.227 e. The fraction of sp³-hybridized carbons (Fsp3) is 0.682. The van der Waals surface area contributed by atoms with Gasteiger partial charge in [-0.25, -0.2) is 17.5 Å². The number of nitrogens with one attached hydrogen (secondary N) is 2. The van der Waals surface area contributed by atoms with Crippen molar-refractivity contribution in [2.45, 2.75) is 76.9 Å². The topological polar surface area (TPSA) is 87.7 Å². The molecule has 1 aliphatic heterocycles. The molecule has 1 aromatic rings. The zero-order valence-corrected chi connectivity index (χ0v) is 19.5. The first-order chi connectivity index (χ1) is 14.5. The highest BCUT2D eigenvalue weighted by atomic mass is 32.2. The number of sulfonamides is 1. The van der Waals surface area contributed by atoms with Gasteiger partial charge in [-0.3, -0.25) is 4.79 Å². The van der Waals surface area contributed by atoms with E-state index in [2.05, 4.69) is 14.9 Å². The summed E-state index contributed by atoms with van der Waals surface area (Å²) in [6.07, 6.45) is 2.48. The van der Waals surface area contributed by atoms with E-state index in [1.54, 1.807) is 19.9 Å². The van der Waals surface area contributed by atoms with Crippen LogP contribution >= 0.6 is 0 Å². The minimum absolute atomic E-state index is 0.0753. The number of nitrogens with zero attached hydrogens (tertiary/aromatic N) is 1. The number of carbonyl (C=O) groups is 1. The molecule has 7 nitrogen and oxygen atoms in total. The molecule has 1 heterocycles. The molecule has 31 heavy (non-hydrogen) atoms. The van der Waals surface area contributed by atoms with E-state index in [-0.39, 0.29) is 35.8 Å². The van der Waals surface area contributed by atoms with Crippen LogP contribution in [0.3, 0.4) is 0 Å². The second-order valence-corrected chi connectivity index (χ2v) is 11.3. The maximum absolute atomic E-state index is 14.7. The zero-order valence-electron chi connectivity index (χ0n) is 18.7. The number of amides is 1. The van der Waals surface area contributed by atoms with Crippen LogP contribution in [0, 0.1) is 11.7 Å². The van der Waals surface area contributed by atoms with E-state index in [1.165, 1.54) is 6.07 Å². The molecule has 1 aliphatic carbocycles. The Labute approximate surface area is 184 Å². The van der Waals surface area contributed by atoms with Crippen molar-refractivity contribution in [1.29, 1.82) is 0 Å². The summed E-state index contributed by atoms with van der Waals surface area (Å²) in [7, 11) is -3.32. The molecule has 174 valence electrons. The van der Waals surface area contributed by atoms with Gasteiger partial charge in [0.2, 0.25) is 15.9 Å². The van der Waals surface area contributed by atoms with Crippen molar-refractivity contribution in [3.63, 3.8) is 0 Å². The third kappa shape index (κ3) is 6.17. The van der Waals surface area contributed by atoms with Crippen LogP contribution in [-0.4, -0.2) is 50.9 Å². The molecular formula is C22H34FN3O4S. The summed E-state index contributed by atoms with van der Waals surface area (Å²) in [5.41, 5.74) is 0.946. The maximum Gasteiger partial charge on any atom is 0.227 e. The standard InChI is InChI=1S/C22H34FN3O4S/c1-14(2)31(28,29)25-18-7-5-17(6-8-18)22(27)24-21-10-9-19(11-20(21)23)26-12-15(3)30-16(4)13-26/h9-11,14-18,25H,5-8,12-13H2,1-4H3,(H,24,27)/t15-,16+,17?,18?. The number of rotatable bonds is 6. The molecule has 3 rings (SSSR count). The molecule has 9 heteroatoms. The summed E-state index contributed by atoms with van der Waals surface area (Å²) in [6.45, 7) is 8.66. The number of anilines is 2. The lowest BCUT2D eigenvalue weighted by molar-refractivity contribution is -0.120. The maximum atomic E-state index is 14.7. The van der Waals surface area contributed by atoms with Crippen LogP contribution in [0.5, 0.6) is 0 Å². The SMILES string of the molecule is CC(C)S(=O)(=O)NC1CCC(C(=O)Nc2ccc(N3C[C@@H](C)O[C@@H](C)C3)cc2F)CC1. The monoisotopic (exact) mass is 455 g/mol. The minimum atomic E-state index is -3.32. The summed E-state index contributed by atoms with van der Waals surface area (Å²) < 4.78 is 47.2. The van der Waals surface area contributed by atoms with Crippen LogP contribution < -0.4 is 14.9 Å². The number of ether oxygens (including phenoxy) is 1. The average molecular weight is 456 g/mol.